The average Bonchev–Trinajstić information content (AvgIpc) is 3.29. The van der Waals surface area contributed by atoms with E-state index in [0.717, 1.165) is 56.2 Å². The van der Waals surface area contributed by atoms with Gasteiger partial charge in [-0.15, -0.1) is 0 Å². The topological polar surface area (TPSA) is 48.6 Å². The number of halogens is 3. The van der Waals surface area contributed by atoms with Crippen LogP contribution >= 0.6 is 30.1 Å². The van der Waals surface area contributed by atoms with E-state index in [-0.39, 0.29) is 0 Å². The van der Waals surface area contributed by atoms with Gasteiger partial charge in [0.15, 0.2) is 5.82 Å². The van der Waals surface area contributed by atoms with Crippen molar-refractivity contribution in [3.63, 3.8) is 0 Å². The zero-order valence-corrected chi connectivity index (χ0v) is 25.2. The van der Waals surface area contributed by atoms with E-state index in [4.69, 9.17) is 49.6 Å². The van der Waals surface area contributed by atoms with E-state index in [2.05, 4.69) is 65.2 Å². The molecule has 5 nitrogen and oxygen atoms in total. The fourth-order valence-corrected chi connectivity index (χ4v) is 4.36. The maximum atomic E-state index is 5.52. The second-order valence-corrected chi connectivity index (χ2v) is 14.8. The third-order valence-corrected chi connectivity index (χ3v) is 6.19. The molecule has 0 saturated heterocycles. The summed E-state index contributed by atoms with van der Waals surface area (Å²) in [5.41, 5.74) is 7.58. The van der Waals surface area contributed by atoms with Crippen LogP contribution < -0.4 is 9.47 Å². The number of methoxy groups -OCH3 is 2. The normalized spacial score (nSPS) is 11.1. The zero-order chi connectivity index (χ0) is 27.8. The number of ether oxygens (including phenoxy) is 2. The monoisotopic (exact) mass is 618 g/mol. The van der Waals surface area contributed by atoms with Crippen LogP contribution in [0.1, 0.15) is 11.4 Å². The Labute approximate surface area is 245 Å². The van der Waals surface area contributed by atoms with E-state index in [0.29, 0.717) is 6.54 Å². The molecular formula is C30H27Cl3CrN3O2. The summed E-state index contributed by atoms with van der Waals surface area (Å²) in [5, 5.41) is 0. The second-order valence-electron chi connectivity index (χ2n) is 8.44. The Balaban J connectivity index is 0.000000826. The first-order valence-corrected chi connectivity index (χ1v) is 17.2. The average molecular weight is 620 g/mol. The quantitative estimate of drug-likeness (QED) is 0.171. The maximum absolute atomic E-state index is 5.52. The molecular weight excluding hydrogens is 593 g/mol. The van der Waals surface area contributed by atoms with Gasteiger partial charge in [-0.1, -0.05) is 72.8 Å². The molecule has 0 aliphatic heterocycles. The molecule has 0 atom stereocenters. The molecule has 0 radical (unpaired) electrons. The fourth-order valence-electron chi connectivity index (χ4n) is 4.36. The number of benzene rings is 4. The van der Waals surface area contributed by atoms with Crippen molar-refractivity contribution < 1.29 is 20.9 Å². The van der Waals surface area contributed by atoms with Crippen LogP contribution in [0.4, 0.5) is 0 Å². The summed E-state index contributed by atoms with van der Waals surface area (Å²) in [6.07, 6.45) is 1.84. The molecule has 0 amide bonds. The van der Waals surface area contributed by atoms with Crippen LogP contribution in [-0.4, -0.2) is 30.0 Å². The van der Waals surface area contributed by atoms with Crippen molar-refractivity contribution in [2.75, 3.05) is 14.2 Å². The second kappa shape index (κ2) is 13.9. The molecule has 0 spiro atoms. The summed E-state index contributed by atoms with van der Waals surface area (Å²) >= 11 is -1.62. The number of rotatable bonds is 7. The molecule has 9 heteroatoms. The minimum atomic E-state index is -1.62. The number of hydrogen-bond acceptors (Lipinski definition) is 4. The SMILES string of the molecule is COc1ccc(C/N=C/c2nc3c(-c4ccccc4)ccc(-c4ccccc4)c3n2C)c(OC)c1.[Cl][Cr]([Cl])[Cl]. The molecule has 0 saturated carbocycles. The van der Waals surface area contributed by atoms with Crippen LogP contribution in [0.15, 0.2) is 96.0 Å². The Morgan fingerprint density at radius 3 is 2.00 bits per heavy atom. The van der Waals surface area contributed by atoms with Gasteiger partial charge in [0, 0.05) is 29.8 Å². The summed E-state index contributed by atoms with van der Waals surface area (Å²) in [4.78, 5) is 9.75. The number of fused-ring (bicyclic) bond motifs is 1. The van der Waals surface area contributed by atoms with Gasteiger partial charge in [-0.2, -0.15) is 0 Å². The summed E-state index contributed by atoms with van der Waals surface area (Å²) in [6.45, 7) is 0.480. The standard InChI is InChI=1S/C30H27N3O2.3ClH.Cr/c1-33-28(20-31-19-23-14-15-24(34-2)18-27(23)35-3)32-29-25(21-10-6-4-7-11-21)16-17-26(30(29)33)22-12-8-5-9-13-22;;;;/h4-18,20H,19H2,1-3H3;3*1H;/q;;;;+3/p-3/b31-20+;;;;. The molecule has 5 rings (SSSR count). The first-order valence-electron chi connectivity index (χ1n) is 12.0. The van der Waals surface area contributed by atoms with Gasteiger partial charge in [0.05, 0.1) is 38.0 Å². The van der Waals surface area contributed by atoms with Crippen molar-refractivity contribution in [3.05, 3.63) is 102 Å². The number of aliphatic imine (C=N–C) groups is 1. The molecule has 1 aromatic heterocycles. The van der Waals surface area contributed by atoms with E-state index in [1.165, 1.54) is 0 Å². The third kappa shape index (κ3) is 7.16. The molecule has 1 heterocycles. The molecule has 4 aromatic carbocycles. The summed E-state index contributed by atoms with van der Waals surface area (Å²) < 4.78 is 12.9. The van der Waals surface area contributed by atoms with Gasteiger partial charge in [0.25, 0.3) is 0 Å². The van der Waals surface area contributed by atoms with Gasteiger partial charge >= 0.3 is 41.5 Å². The molecule has 0 fully saturated rings. The Kier molecular flexibility index (Phi) is 10.3. The first-order chi connectivity index (χ1) is 18.9. The van der Waals surface area contributed by atoms with Crippen LogP contribution in [-0.2, 0) is 25.0 Å². The van der Waals surface area contributed by atoms with Gasteiger partial charge in [-0.3, -0.25) is 4.99 Å². The molecule has 39 heavy (non-hydrogen) atoms. The third-order valence-electron chi connectivity index (χ3n) is 6.19. The van der Waals surface area contributed by atoms with E-state index in [1.54, 1.807) is 14.2 Å². The van der Waals surface area contributed by atoms with Crippen molar-refractivity contribution in [1.82, 2.24) is 9.55 Å². The van der Waals surface area contributed by atoms with Crippen LogP contribution in [0.25, 0.3) is 33.3 Å². The van der Waals surface area contributed by atoms with Gasteiger partial charge < -0.3 is 14.0 Å². The van der Waals surface area contributed by atoms with Gasteiger partial charge in [0.2, 0.25) is 0 Å². The van der Waals surface area contributed by atoms with Crippen molar-refractivity contribution in [2.45, 2.75) is 6.54 Å². The Bertz CT molecular complexity index is 1560. The van der Waals surface area contributed by atoms with E-state index in [1.807, 2.05) is 43.6 Å². The number of aromatic nitrogens is 2. The van der Waals surface area contributed by atoms with Crippen molar-refractivity contribution in [3.8, 4) is 33.8 Å². The molecule has 5 aromatic rings. The molecule has 0 aliphatic rings. The first kappa shape index (κ1) is 29.0. The number of aryl methyl sites for hydroxylation is 1. The number of imidazole rings is 1. The minimum absolute atomic E-state index is 0.480. The van der Waals surface area contributed by atoms with E-state index >= 15 is 0 Å². The molecule has 0 unspecified atom stereocenters. The number of nitrogens with zero attached hydrogens (tertiary/aromatic N) is 3. The zero-order valence-electron chi connectivity index (χ0n) is 21.6. The van der Waals surface area contributed by atoms with E-state index in [9.17, 15) is 0 Å². The Hall–Kier alpha value is -2.98. The van der Waals surface area contributed by atoms with Gasteiger partial charge in [-0.05, 0) is 23.3 Å². The van der Waals surface area contributed by atoms with Gasteiger partial charge in [0.1, 0.15) is 11.5 Å². The van der Waals surface area contributed by atoms with E-state index < -0.39 is 11.4 Å². The Morgan fingerprint density at radius 1 is 0.821 bits per heavy atom. The molecule has 0 bridgehead atoms. The molecule has 201 valence electrons. The summed E-state index contributed by atoms with van der Waals surface area (Å²) in [7, 11) is 20.1. The van der Waals surface area contributed by atoms with Crippen molar-refractivity contribution in [2.24, 2.45) is 12.0 Å². The summed E-state index contributed by atoms with van der Waals surface area (Å²) in [5.74, 6) is 2.31. The van der Waals surface area contributed by atoms with Crippen molar-refractivity contribution >= 4 is 47.4 Å². The number of hydrogen-bond donors (Lipinski definition) is 0. The predicted octanol–water partition coefficient (Wildman–Crippen LogP) is 8.61. The van der Waals surface area contributed by atoms with Crippen LogP contribution in [0.3, 0.4) is 0 Å². The fraction of sp³-hybridized carbons (Fsp3) is 0.133. The molecule has 0 aliphatic carbocycles. The predicted molar refractivity (Wildman–Crippen MR) is 160 cm³/mol. The summed E-state index contributed by atoms with van der Waals surface area (Å²) in [6, 6.07) is 30.9. The van der Waals surface area contributed by atoms with Crippen LogP contribution in [0, 0.1) is 0 Å². The van der Waals surface area contributed by atoms with Crippen molar-refractivity contribution in [1.29, 1.82) is 0 Å². The molecule has 0 N–H and O–H groups in total. The van der Waals surface area contributed by atoms with Crippen LogP contribution in [0.5, 0.6) is 11.5 Å². The van der Waals surface area contributed by atoms with Crippen LogP contribution in [0.2, 0.25) is 0 Å². The van der Waals surface area contributed by atoms with Gasteiger partial charge in [-0.25, -0.2) is 4.98 Å². The Morgan fingerprint density at radius 2 is 1.41 bits per heavy atom.